The molecule has 0 saturated carbocycles. The molecule has 0 amide bonds. The summed E-state index contributed by atoms with van der Waals surface area (Å²) in [6.07, 6.45) is 0.741. The molecule has 3 nitrogen and oxygen atoms in total. The first-order valence-corrected chi connectivity index (χ1v) is 7.35. The minimum absolute atomic E-state index is 0.359. The van der Waals surface area contributed by atoms with E-state index in [1.54, 1.807) is 11.3 Å². The smallest absolute Gasteiger partial charge is 0.0951 e. The van der Waals surface area contributed by atoms with E-state index in [1.807, 2.05) is 32.0 Å². The van der Waals surface area contributed by atoms with Crippen LogP contribution in [-0.2, 0) is 11.2 Å². The Labute approximate surface area is 118 Å². The number of rotatable bonds is 6. The highest BCUT2D eigenvalue weighted by Gasteiger charge is 2.21. The van der Waals surface area contributed by atoms with Crippen molar-refractivity contribution in [2.45, 2.75) is 25.8 Å². The Morgan fingerprint density at radius 3 is 2.74 bits per heavy atom. The fourth-order valence-electron chi connectivity index (χ4n) is 1.87. The Balaban J connectivity index is 2.05. The Morgan fingerprint density at radius 1 is 1.32 bits per heavy atom. The highest BCUT2D eigenvalue weighted by molar-refractivity contribution is 7.09. The van der Waals surface area contributed by atoms with E-state index in [9.17, 15) is 0 Å². The molecule has 0 saturated heterocycles. The average Bonchev–Trinajstić information content (AvgIpc) is 2.85. The molecular formula is C15H20N2OS. The number of hydrogen-bond donors (Lipinski definition) is 1. The molecule has 0 spiro atoms. The van der Waals surface area contributed by atoms with Crippen LogP contribution in [0.2, 0.25) is 0 Å². The second-order valence-corrected chi connectivity index (χ2v) is 5.90. The van der Waals surface area contributed by atoms with Gasteiger partial charge in [0.05, 0.1) is 17.3 Å². The lowest BCUT2D eigenvalue weighted by Crippen LogP contribution is -2.43. The average molecular weight is 276 g/mol. The van der Waals surface area contributed by atoms with Crippen molar-refractivity contribution in [3.63, 3.8) is 0 Å². The van der Waals surface area contributed by atoms with Gasteiger partial charge in [-0.2, -0.15) is 0 Å². The van der Waals surface area contributed by atoms with Crippen LogP contribution >= 0.6 is 11.3 Å². The van der Waals surface area contributed by atoms with Gasteiger partial charge in [-0.05, 0) is 13.8 Å². The minimum Gasteiger partial charge on any atom is -0.380 e. The summed E-state index contributed by atoms with van der Waals surface area (Å²) in [6.45, 7) is 5.24. The Kier molecular flexibility index (Phi) is 4.69. The zero-order chi connectivity index (χ0) is 13.7. The molecule has 1 heterocycles. The molecule has 1 atom stereocenters. The van der Waals surface area contributed by atoms with Gasteiger partial charge in [-0.15, -0.1) is 11.3 Å². The van der Waals surface area contributed by atoms with Crippen LogP contribution in [0.4, 0.5) is 0 Å². The maximum absolute atomic E-state index is 6.22. The van der Waals surface area contributed by atoms with Gasteiger partial charge in [0.25, 0.3) is 0 Å². The molecular weight excluding hydrogens is 256 g/mol. The summed E-state index contributed by atoms with van der Waals surface area (Å²) in [7, 11) is 0. The van der Waals surface area contributed by atoms with Gasteiger partial charge >= 0.3 is 0 Å². The maximum atomic E-state index is 6.22. The van der Waals surface area contributed by atoms with Crippen LogP contribution in [0.15, 0.2) is 35.7 Å². The molecule has 2 aromatic rings. The molecule has 102 valence electrons. The van der Waals surface area contributed by atoms with Crippen LogP contribution in [0.1, 0.15) is 18.9 Å². The summed E-state index contributed by atoms with van der Waals surface area (Å²) >= 11 is 1.66. The molecule has 1 unspecified atom stereocenters. The maximum Gasteiger partial charge on any atom is 0.0951 e. The highest BCUT2D eigenvalue weighted by Crippen LogP contribution is 2.23. The topological polar surface area (TPSA) is 48.1 Å². The second kappa shape index (κ2) is 6.28. The summed E-state index contributed by atoms with van der Waals surface area (Å²) < 4.78 is 5.41. The SMILES string of the molecule is CCOCC(C)(N)Cc1nc(-c2ccccc2)cs1. The molecule has 2 rings (SSSR count). The summed E-state index contributed by atoms with van der Waals surface area (Å²) in [5.41, 5.74) is 8.03. The molecule has 0 bridgehead atoms. The van der Waals surface area contributed by atoms with E-state index in [1.165, 1.54) is 0 Å². The van der Waals surface area contributed by atoms with E-state index in [-0.39, 0.29) is 5.54 Å². The van der Waals surface area contributed by atoms with Gasteiger partial charge in [-0.1, -0.05) is 30.3 Å². The normalized spacial score (nSPS) is 14.3. The Morgan fingerprint density at radius 2 is 2.05 bits per heavy atom. The van der Waals surface area contributed by atoms with Crippen molar-refractivity contribution < 1.29 is 4.74 Å². The fourth-order valence-corrected chi connectivity index (χ4v) is 2.87. The first-order chi connectivity index (χ1) is 9.11. The standard InChI is InChI=1S/C15H20N2OS/c1-3-18-11-15(2,16)9-14-17-13(10-19-14)12-7-5-4-6-8-12/h4-8,10H,3,9,11,16H2,1-2H3. The summed E-state index contributed by atoms with van der Waals surface area (Å²) in [4.78, 5) is 4.66. The van der Waals surface area contributed by atoms with Crippen molar-refractivity contribution in [1.82, 2.24) is 4.98 Å². The summed E-state index contributed by atoms with van der Waals surface area (Å²) in [5.74, 6) is 0. The quantitative estimate of drug-likeness (QED) is 0.882. The van der Waals surface area contributed by atoms with Crippen molar-refractivity contribution in [3.05, 3.63) is 40.7 Å². The third kappa shape index (κ3) is 4.13. The third-order valence-corrected chi connectivity index (χ3v) is 3.66. The van der Waals surface area contributed by atoms with Crippen molar-refractivity contribution in [1.29, 1.82) is 0 Å². The number of ether oxygens (including phenoxy) is 1. The largest absolute Gasteiger partial charge is 0.380 e. The third-order valence-electron chi connectivity index (χ3n) is 2.81. The van der Waals surface area contributed by atoms with Gasteiger partial charge in [0.1, 0.15) is 0 Å². The number of thiazole rings is 1. The number of nitrogens with zero attached hydrogens (tertiary/aromatic N) is 1. The molecule has 1 aromatic heterocycles. The molecule has 0 radical (unpaired) electrons. The zero-order valence-electron chi connectivity index (χ0n) is 11.4. The Bertz CT molecular complexity index is 508. The molecule has 4 heteroatoms. The van der Waals surface area contributed by atoms with Gasteiger partial charge in [-0.3, -0.25) is 0 Å². The van der Waals surface area contributed by atoms with Crippen LogP contribution < -0.4 is 5.73 Å². The van der Waals surface area contributed by atoms with Gasteiger partial charge in [-0.25, -0.2) is 4.98 Å². The van der Waals surface area contributed by atoms with Crippen molar-refractivity contribution in [2.24, 2.45) is 5.73 Å². The zero-order valence-corrected chi connectivity index (χ0v) is 12.2. The van der Waals surface area contributed by atoms with Gasteiger partial charge in [0, 0.05) is 29.5 Å². The first-order valence-electron chi connectivity index (χ1n) is 6.47. The van der Waals surface area contributed by atoms with Crippen molar-refractivity contribution in [3.8, 4) is 11.3 Å². The van der Waals surface area contributed by atoms with Crippen LogP contribution in [0.25, 0.3) is 11.3 Å². The van der Waals surface area contributed by atoms with E-state index >= 15 is 0 Å². The molecule has 0 fully saturated rings. The number of hydrogen-bond acceptors (Lipinski definition) is 4. The van der Waals surface area contributed by atoms with E-state index < -0.39 is 0 Å². The molecule has 0 aliphatic carbocycles. The lowest BCUT2D eigenvalue weighted by atomic mass is 10.0. The van der Waals surface area contributed by atoms with Crippen LogP contribution in [0, 0.1) is 0 Å². The van der Waals surface area contributed by atoms with Crippen LogP contribution in [0.3, 0.4) is 0 Å². The number of aromatic nitrogens is 1. The lowest BCUT2D eigenvalue weighted by molar-refractivity contribution is 0.101. The van der Waals surface area contributed by atoms with Gasteiger partial charge in [0.2, 0.25) is 0 Å². The predicted octanol–water partition coefficient (Wildman–Crippen LogP) is 3.11. The predicted molar refractivity (Wildman–Crippen MR) is 80.3 cm³/mol. The van der Waals surface area contributed by atoms with E-state index in [2.05, 4.69) is 22.5 Å². The number of nitrogens with two attached hydrogens (primary N) is 1. The van der Waals surface area contributed by atoms with Crippen LogP contribution in [-0.4, -0.2) is 23.7 Å². The van der Waals surface area contributed by atoms with E-state index in [4.69, 9.17) is 10.5 Å². The fraction of sp³-hybridized carbons (Fsp3) is 0.400. The number of benzene rings is 1. The highest BCUT2D eigenvalue weighted by atomic mass is 32.1. The first kappa shape index (κ1) is 14.2. The van der Waals surface area contributed by atoms with Crippen LogP contribution in [0.5, 0.6) is 0 Å². The Hall–Kier alpha value is -1.23. The van der Waals surface area contributed by atoms with E-state index in [0.717, 1.165) is 22.7 Å². The molecule has 2 N–H and O–H groups in total. The minimum atomic E-state index is -0.359. The molecule has 1 aromatic carbocycles. The monoisotopic (exact) mass is 276 g/mol. The van der Waals surface area contributed by atoms with Gasteiger partial charge in [0.15, 0.2) is 0 Å². The van der Waals surface area contributed by atoms with Crippen molar-refractivity contribution in [2.75, 3.05) is 13.2 Å². The van der Waals surface area contributed by atoms with Gasteiger partial charge < -0.3 is 10.5 Å². The molecule has 0 aliphatic heterocycles. The second-order valence-electron chi connectivity index (χ2n) is 4.96. The van der Waals surface area contributed by atoms with E-state index in [0.29, 0.717) is 13.2 Å². The lowest BCUT2D eigenvalue weighted by Gasteiger charge is -2.22. The van der Waals surface area contributed by atoms with Crippen molar-refractivity contribution >= 4 is 11.3 Å². The summed E-state index contributed by atoms with van der Waals surface area (Å²) in [5, 5.41) is 3.14. The summed E-state index contributed by atoms with van der Waals surface area (Å²) in [6, 6.07) is 10.2. The molecule has 19 heavy (non-hydrogen) atoms. The molecule has 0 aliphatic rings.